The quantitative estimate of drug-likeness (QED) is 0.528. The first-order valence-electron chi connectivity index (χ1n) is 10.5. The van der Waals surface area contributed by atoms with Crippen LogP contribution in [0.25, 0.3) is 0 Å². The minimum atomic E-state index is -4.71. The van der Waals surface area contributed by atoms with Crippen LogP contribution in [-0.2, 0) is 21.0 Å². The van der Waals surface area contributed by atoms with Crippen LogP contribution in [-0.4, -0.2) is 32.1 Å². The molecule has 6 nitrogen and oxygen atoms in total. The Hall–Kier alpha value is -2.27. The molecule has 4 rings (SSSR count). The second-order valence-corrected chi connectivity index (χ2v) is 12.4. The van der Waals surface area contributed by atoms with E-state index >= 15 is 0 Å². The van der Waals surface area contributed by atoms with Crippen molar-refractivity contribution in [1.29, 1.82) is 0 Å². The molecule has 2 aromatic rings. The largest absolute Gasteiger partial charge is 0.486 e. The number of hydrogen-bond acceptors (Lipinski definition) is 4. The van der Waals surface area contributed by atoms with E-state index in [2.05, 4.69) is 15.9 Å². The van der Waals surface area contributed by atoms with Gasteiger partial charge in [-0.15, -0.1) is 0 Å². The van der Waals surface area contributed by atoms with Crippen LogP contribution in [0.15, 0.2) is 51.8 Å². The lowest BCUT2D eigenvalue weighted by atomic mass is 9.75. The Balaban J connectivity index is 1.78. The molecular weight excluding hydrogens is 539 g/mol. The summed E-state index contributed by atoms with van der Waals surface area (Å²) in [5.41, 5.74) is -2.62. The molecule has 1 unspecified atom stereocenters. The summed E-state index contributed by atoms with van der Waals surface area (Å²) in [7, 11) is -4.42. The van der Waals surface area contributed by atoms with Crippen molar-refractivity contribution in [2.45, 2.75) is 44.4 Å². The molecule has 1 aliphatic carbocycles. The van der Waals surface area contributed by atoms with Crippen LogP contribution in [0.4, 0.5) is 18.9 Å². The number of benzene rings is 2. The standard InChI is InChI=1S/C23H23BrF3NO5S/c1-21(2,3)22(20(29)30)11-16(22)19-12-28(17-10-14(24)7-8-18(17)33-19)34(31,32)15-6-4-5-13(9-15)23(25,26)27/h4-10,16,19H,11-12H2,1-3H3,(H,29,30)/t16-,19?,22-/m0/s1. The molecule has 11 heteroatoms. The van der Waals surface area contributed by atoms with Gasteiger partial charge in [-0.3, -0.25) is 9.10 Å². The number of fused-ring (bicyclic) bond motifs is 1. The summed E-state index contributed by atoms with van der Waals surface area (Å²) in [6, 6.07) is 8.29. The Kier molecular flexibility index (Phi) is 5.75. The third-order valence-electron chi connectivity index (χ3n) is 6.75. The van der Waals surface area contributed by atoms with E-state index in [0.717, 1.165) is 22.5 Å². The predicted molar refractivity (Wildman–Crippen MR) is 122 cm³/mol. The van der Waals surface area contributed by atoms with Crippen molar-refractivity contribution in [3.63, 3.8) is 0 Å². The first-order chi connectivity index (χ1) is 15.6. The third kappa shape index (κ3) is 3.96. The number of hydrogen-bond donors (Lipinski definition) is 1. The predicted octanol–water partition coefficient (Wildman–Crippen LogP) is 5.56. The Bertz CT molecular complexity index is 1260. The number of carbonyl (C=O) groups is 1. The van der Waals surface area contributed by atoms with E-state index in [1.165, 1.54) is 6.07 Å². The van der Waals surface area contributed by atoms with Gasteiger partial charge >= 0.3 is 12.1 Å². The van der Waals surface area contributed by atoms with Crippen molar-refractivity contribution in [3.05, 3.63) is 52.5 Å². The van der Waals surface area contributed by atoms with Crippen molar-refractivity contribution in [2.75, 3.05) is 10.8 Å². The van der Waals surface area contributed by atoms with E-state index in [0.29, 0.717) is 17.0 Å². The van der Waals surface area contributed by atoms with Gasteiger partial charge in [-0.25, -0.2) is 8.42 Å². The van der Waals surface area contributed by atoms with Gasteiger partial charge in [0.2, 0.25) is 0 Å². The van der Waals surface area contributed by atoms with Gasteiger partial charge in [0, 0.05) is 10.4 Å². The number of sulfonamides is 1. The Morgan fingerprint density at radius 3 is 2.41 bits per heavy atom. The number of carboxylic acid groups (broad SMARTS) is 1. The van der Waals surface area contributed by atoms with Gasteiger partial charge in [0.15, 0.2) is 0 Å². The van der Waals surface area contributed by atoms with Crippen molar-refractivity contribution in [1.82, 2.24) is 0 Å². The number of rotatable bonds is 4. The number of anilines is 1. The fourth-order valence-corrected chi connectivity index (χ4v) is 6.68. The number of carboxylic acids is 1. The second-order valence-electron chi connectivity index (χ2n) is 9.67. The van der Waals surface area contributed by atoms with E-state index in [-0.39, 0.29) is 18.0 Å². The maximum atomic E-state index is 13.6. The third-order valence-corrected chi connectivity index (χ3v) is 9.02. The lowest BCUT2D eigenvalue weighted by Crippen LogP contribution is -2.47. The monoisotopic (exact) mass is 561 g/mol. The molecule has 1 saturated carbocycles. The zero-order valence-corrected chi connectivity index (χ0v) is 21.0. The molecule has 0 aromatic heterocycles. The molecule has 2 aliphatic rings. The maximum Gasteiger partial charge on any atom is 0.416 e. The summed E-state index contributed by atoms with van der Waals surface area (Å²) in [6.07, 6.45) is -5.19. The van der Waals surface area contributed by atoms with E-state index in [4.69, 9.17) is 4.74 Å². The number of ether oxygens (including phenoxy) is 1. The second kappa shape index (κ2) is 7.87. The molecular formula is C23H23BrF3NO5S. The highest BCUT2D eigenvalue weighted by Gasteiger charge is 2.70. The van der Waals surface area contributed by atoms with Gasteiger partial charge < -0.3 is 9.84 Å². The van der Waals surface area contributed by atoms with Gasteiger partial charge in [-0.05, 0) is 48.2 Å². The van der Waals surface area contributed by atoms with Crippen molar-refractivity contribution >= 4 is 37.6 Å². The normalized spacial score (nSPS) is 24.9. The lowest BCUT2D eigenvalue weighted by Gasteiger charge is -2.38. The molecule has 1 fully saturated rings. The molecule has 2 aromatic carbocycles. The summed E-state index contributed by atoms with van der Waals surface area (Å²) in [4.78, 5) is 11.7. The van der Waals surface area contributed by atoms with Gasteiger partial charge in [-0.1, -0.05) is 42.8 Å². The summed E-state index contributed by atoms with van der Waals surface area (Å²) in [6.45, 7) is 5.21. The first kappa shape index (κ1) is 24.8. The molecule has 0 bridgehead atoms. The number of alkyl halides is 3. The summed E-state index contributed by atoms with van der Waals surface area (Å²) < 4.78 is 74.6. The van der Waals surface area contributed by atoms with Crippen LogP contribution >= 0.6 is 15.9 Å². The Labute approximate surface area is 203 Å². The molecule has 34 heavy (non-hydrogen) atoms. The van der Waals surface area contributed by atoms with Gasteiger partial charge in [0.05, 0.1) is 28.1 Å². The summed E-state index contributed by atoms with van der Waals surface area (Å²) >= 11 is 3.29. The smallest absolute Gasteiger partial charge is 0.416 e. The highest BCUT2D eigenvalue weighted by atomic mass is 79.9. The average molecular weight is 562 g/mol. The summed E-state index contributed by atoms with van der Waals surface area (Å²) in [5, 5.41) is 9.98. The van der Waals surface area contributed by atoms with Crippen LogP contribution in [0.2, 0.25) is 0 Å². The summed E-state index contributed by atoms with van der Waals surface area (Å²) in [5.74, 6) is -1.24. The van der Waals surface area contributed by atoms with Gasteiger partial charge in [0.25, 0.3) is 10.0 Å². The Morgan fingerprint density at radius 1 is 1.18 bits per heavy atom. The van der Waals surface area contributed by atoms with Gasteiger partial charge in [0.1, 0.15) is 11.9 Å². The minimum Gasteiger partial charge on any atom is -0.486 e. The first-order valence-corrected chi connectivity index (χ1v) is 12.7. The number of nitrogens with zero attached hydrogens (tertiary/aromatic N) is 1. The molecule has 0 radical (unpaired) electrons. The maximum absolute atomic E-state index is 13.6. The fraction of sp³-hybridized carbons (Fsp3) is 0.435. The van der Waals surface area contributed by atoms with Crippen LogP contribution in [0, 0.1) is 16.7 Å². The molecule has 0 spiro atoms. The van der Waals surface area contributed by atoms with E-state index in [9.17, 15) is 31.5 Å². The molecule has 0 saturated heterocycles. The molecule has 0 amide bonds. The van der Waals surface area contributed by atoms with Crippen molar-refractivity contribution < 1.29 is 36.2 Å². The van der Waals surface area contributed by atoms with Crippen LogP contribution in [0.3, 0.4) is 0 Å². The van der Waals surface area contributed by atoms with Gasteiger partial charge in [-0.2, -0.15) is 13.2 Å². The van der Waals surface area contributed by atoms with Crippen LogP contribution in [0.1, 0.15) is 32.8 Å². The zero-order chi connectivity index (χ0) is 25.3. The molecule has 3 atom stereocenters. The number of halogens is 4. The van der Waals surface area contributed by atoms with Crippen molar-refractivity contribution in [2.24, 2.45) is 16.7 Å². The fourth-order valence-electron chi connectivity index (χ4n) is 4.81. The molecule has 1 aliphatic heterocycles. The Morgan fingerprint density at radius 2 is 1.85 bits per heavy atom. The van der Waals surface area contributed by atoms with E-state index in [1.807, 2.05) is 20.8 Å². The average Bonchev–Trinajstić information content (AvgIpc) is 3.50. The highest BCUT2D eigenvalue weighted by Crippen LogP contribution is 2.65. The van der Waals surface area contributed by atoms with Crippen LogP contribution in [0.5, 0.6) is 5.75 Å². The van der Waals surface area contributed by atoms with E-state index < -0.39 is 55.5 Å². The number of aliphatic carboxylic acids is 1. The van der Waals surface area contributed by atoms with Crippen LogP contribution < -0.4 is 9.04 Å². The topological polar surface area (TPSA) is 83.9 Å². The van der Waals surface area contributed by atoms with E-state index in [1.54, 1.807) is 12.1 Å². The SMILES string of the molecule is CC(C)(C)[C@@]1(C(=O)O)C[C@H]1C1CN(S(=O)(=O)c2cccc(C(F)(F)F)c2)c2cc(Br)ccc2O1. The zero-order valence-electron chi connectivity index (χ0n) is 18.6. The minimum absolute atomic E-state index is 0.167. The lowest BCUT2D eigenvalue weighted by molar-refractivity contribution is -0.149. The molecule has 1 heterocycles. The highest BCUT2D eigenvalue weighted by molar-refractivity contribution is 9.10. The molecule has 1 N–H and O–H groups in total. The molecule has 184 valence electrons. The van der Waals surface area contributed by atoms with Crippen molar-refractivity contribution in [3.8, 4) is 5.75 Å².